The Kier molecular flexibility index (Phi) is 9.37. The molecule has 0 aromatic heterocycles. The van der Waals surface area contributed by atoms with Crippen LogP contribution in [0.1, 0.15) is 38.2 Å². The van der Waals surface area contributed by atoms with Crippen LogP contribution in [0.15, 0.2) is 29.3 Å². The molecule has 1 fully saturated rings. The molecule has 0 atom stereocenters. The van der Waals surface area contributed by atoms with Crippen molar-refractivity contribution < 1.29 is 17.9 Å². The number of nitrogens with zero attached hydrogens (tertiary/aromatic N) is 1. The van der Waals surface area contributed by atoms with Crippen LogP contribution in [0.25, 0.3) is 0 Å². The molecule has 8 heteroatoms. The number of aliphatic imine (C=N–C) groups is 1. The summed E-state index contributed by atoms with van der Waals surface area (Å²) >= 11 is 0. The highest BCUT2D eigenvalue weighted by atomic mass is 127. The topological polar surface area (TPSA) is 45.7 Å². The van der Waals surface area contributed by atoms with E-state index in [1.165, 1.54) is 18.9 Å². The average molecular weight is 471 g/mol. The van der Waals surface area contributed by atoms with Crippen LogP contribution in [0, 0.1) is 0 Å². The zero-order chi connectivity index (χ0) is 17.4. The number of halogens is 4. The molecule has 2 N–H and O–H groups in total. The van der Waals surface area contributed by atoms with Crippen LogP contribution in [0.2, 0.25) is 0 Å². The minimum atomic E-state index is -4.35. The van der Waals surface area contributed by atoms with Gasteiger partial charge in [-0.3, -0.25) is 0 Å². The van der Waals surface area contributed by atoms with Gasteiger partial charge in [-0.1, -0.05) is 31.0 Å². The van der Waals surface area contributed by atoms with E-state index < -0.39 is 12.8 Å². The minimum absolute atomic E-state index is 0. The van der Waals surface area contributed by atoms with Crippen molar-refractivity contribution in [3.63, 3.8) is 0 Å². The van der Waals surface area contributed by atoms with E-state index in [0.29, 0.717) is 17.6 Å². The van der Waals surface area contributed by atoms with E-state index in [-0.39, 0.29) is 36.3 Å². The fourth-order valence-electron chi connectivity index (χ4n) is 2.68. The van der Waals surface area contributed by atoms with Crippen molar-refractivity contribution in [1.82, 2.24) is 10.6 Å². The molecular formula is C17H25F3IN3O. The lowest BCUT2D eigenvalue weighted by Gasteiger charge is -2.17. The van der Waals surface area contributed by atoms with E-state index in [9.17, 15) is 13.2 Å². The molecule has 0 unspecified atom stereocenters. The van der Waals surface area contributed by atoms with E-state index in [4.69, 9.17) is 4.74 Å². The van der Waals surface area contributed by atoms with Crippen molar-refractivity contribution in [3.05, 3.63) is 29.8 Å². The van der Waals surface area contributed by atoms with E-state index in [2.05, 4.69) is 15.6 Å². The first kappa shape index (κ1) is 21.9. The molecule has 0 saturated heterocycles. The number of ether oxygens (including phenoxy) is 1. The van der Waals surface area contributed by atoms with Crippen LogP contribution in [-0.2, 0) is 6.54 Å². The van der Waals surface area contributed by atoms with Crippen molar-refractivity contribution in [2.24, 2.45) is 4.99 Å². The molecule has 0 heterocycles. The Morgan fingerprint density at radius 3 is 2.56 bits per heavy atom. The Labute approximate surface area is 163 Å². The number of benzene rings is 1. The zero-order valence-corrected chi connectivity index (χ0v) is 16.6. The van der Waals surface area contributed by atoms with Crippen molar-refractivity contribution in [2.75, 3.05) is 13.2 Å². The third-order valence-corrected chi connectivity index (χ3v) is 3.81. The molecular weight excluding hydrogens is 446 g/mol. The van der Waals surface area contributed by atoms with Crippen LogP contribution in [0.3, 0.4) is 0 Å². The summed E-state index contributed by atoms with van der Waals surface area (Å²) in [7, 11) is 0. The Morgan fingerprint density at radius 2 is 1.92 bits per heavy atom. The lowest BCUT2D eigenvalue weighted by Crippen LogP contribution is -2.42. The maximum Gasteiger partial charge on any atom is 0.422 e. The van der Waals surface area contributed by atoms with Crippen molar-refractivity contribution in [1.29, 1.82) is 0 Å². The molecule has 0 bridgehead atoms. The number of hydrogen-bond acceptors (Lipinski definition) is 2. The quantitative estimate of drug-likeness (QED) is 0.371. The summed E-state index contributed by atoms with van der Waals surface area (Å²) in [5.41, 5.74) is 0.630. The molecule has 25 heavy (non-hydrogen) atoms. The van der Waals surface area contributed by atoms with Crippen LogP contribution < -0.4 is 15.4 Å². The molecule has 2 rings (SSSR count). The third-order valence-electron chi connectivity index (χ3n) is 3.81. The minimum Gasteiger partial charge on any atom is -0.484 e. The van der Waals surface area contributed by atoms with E-state index in [1.807, 2.05) is 6.92 Å². The van der Waals surface area contributed by atoms with Gasteiger partial charge < -0.3 is 15.4 Å². The number of alkyl halides is 3. The smallest absolute Gasteiger partial charge is 0.422 e. The summed E-state index contributed by atoms with van der Waals surface area (Å²) in [4.78, 5) is 4.49. The van der Waals surface area contributed by atoms with E-state index >= 15 is 0 Å². The highest BCUT2D eigenvalue weighted by molar-refractivity contribution is 14.0. The van der Waals surface area contributed by atoms with Crippen LogP contribution in [0.5, 0.6) is 5.75 Å². The second kappa shape index (κ2) is 10.7. The monoisotopic (exact) mass is 471 g/mol. The summed E-state index contributed by atoms with van der Waals surface area (Å²) in [5, 5.41) is 6.55. The van der Waals surface area contributed by atoms with Gasteiger partial charge in [-0.05, 0) is 25.8 Å². The van der Waals surface area contributed by atoms with Crippen LogP contribution >= 0.6 is 24.0 Å². The fourth-order valence-corrected chi connectivity index (χ4v) is 2.68. The third kappa shape index (κ3) is 8.15. The molecule has 1 aliphatic rings. The molecule has 4 nitrogen and oxygen atoms in total. The van der Waals surface area contributed by atoms with Crippen molar-refractivity contribution >= 4 is 29.9 Å². The van der Waals surface area contributed by atoms with E-state index in [1.54, 1.807) is 18.2 Å². The Bertz CT molecular complexity index is 546. The van der Waals surface area contributed by atoms with Crippen LogP contribution in [0.4, 0.5) is 13.2 Å². The predicted molar refractivity (Wildman–Crippen MR) is 104 cm³/mol. The molecule has 0 amide bonds. The van der Waals surface area contributed by atoms with Gasteiger partial charge in [-0.25, -0.2) is 4.99 Å². The Balaban J connectivity index is 0.00000312. The summed E-state index contributed by atoms with van der Waals surface area (Å²) in [5.74, 6) is 0.908. The lowest BCUT2D eigenvalue weighted by atomic mass is 10.2. The Hall–Kier alpha value is -1.19. The number of hydrogen-bond donors (Lipinski definition) is 2. The first-order chi connectivity index (χ1) is 11.5. The average Bonchev–Trinajstić information content (AvgIpc) is 3.04. The molecule has 0 aliphatic heterocycles. The van der Waals surface area contributed by atoms with Crippen LogP contribution in [-0.4, -0.2) is 31.3 Å². The largest absolute Gasteiger partial charge is 0.484 e. The first-order valence-electron chi connectivity index (χ1n) is 8.30. The molecule has 0 radical (unpaired) electrons. The van der Waals surface area contributed by atoms with Gasteiger partial charge in [0.1, 0.15) is 5.75 Å². The van der Waals surface area contributed by atoms with Crippen molar-refractivity contribution in [2.45, 2.75) is 51.4 Å². The molecule has 1 saturated carbocycles. The summed E-state index contributed by atoms with van der Waals surface area (Å²) in [6.45, 7) is 1.67. The van der Waals surface area contributed by atoms with Gasteiger partial charge in [0.25, 0.3) is 0 Å². The number of guanidine groups is 1. The number of nitrogens with one attached hydrogen (secondary N) is 2. The number of rotatable bonds is 6. The molecule has 0 spiro atoms. The maximum absolute atomic E-state index is 12.3. The standard InChI is InChI=1S/C17H24F3N3O.HI/c1-2-21-16(23-14-8-4-5-9-14)22-11-13-7-3-6-10-15(13)24-12-17(18,19)20;/h3,6-7,10,14H,2,4-5,8-9,11-12H2,1H3,(H2,21,22,23);1H. The molecule has 142 valence electrons. The van der Waals surface area contributed by atoms with Crippen molar-refractivity contribution in [3.8, 4) is 5.75 Å². The first-order valence-corrected chi connectivity index (χ1v) is 8.30. The lowest BCUT2D eigenvalue weighted by molar-refractivity contribution is -0.153. The van der Waals surface area contributed by atoms with Gasteiger partial charge in [-0.15, -0.1) is 24.0 Å². The van der Waals surface area contributed by atoms with Gasteiger partial charge in [0.15, 0.2) is 12.6 Å². The number of para-hydroxylation sites is 1. The van der Waals surface area contributed by atoms with Gasteiger partial charge in [-0.2, -0.15) is 13.2 Å². The summed E-state index contributed by atoms with van der Waals surface area (Å²) < 4.78 is 41.9. The second-order valence-corrected chi connectivity index (χ2v) is 5.83. The molecule has 1 aromatic rings. The van der Waals surface area contributed by atoms with E-state index in [0.717, 1.165) is 19.4 Å². The predicted octanol–water partition coefficient (Wildman–Crippen LogP) is 4.24. The molecule has 1 aromatic carbocycles. The highest BCUT2D eigenvalue weighted by Gasteiger charge is 2.28. The molecule has 1 aliphatic carbocycles. The SMILES string of the molecule is CCNC(=NCc1ccccc1OCC(F)(F)F)NC1CCCC1.I. The summed E-state index contributed by atoms with van der Waals surface area (Å²) in [6, 6.07) is 7.10. The summed E-state index contributed by atoms with van der Waals surface area (Å²) in [6.07, 6.45) is 0.317. The maximum atomic E-state index is 12.3. The van der Waals surface area contributed by atoms with Gasteiger partial charge in [0, 0.05) is 18.2 Å². The van der Waals surface area contributed by atoms with Gasteiger partial charge >= 0.3 is 6.18 Å². The van der Waals surface area contributed by atoms with Gasteiger partial charge in [0.2, 0.25) is 0 Å². The zero-order valence-electron chi connectivity index (χ0n) is 14.2. The normalized spacial score (nSPS) is 15.6. The highest BCUT2D eigenvalue weighted by Crippen LogP contribution is 2.23. The Morgan fingerprint density at radius 1 is 1.24 bits per heavy atom. The fraction of sp³-hybridized carbons (Fsp3) is 0.588. The second-order valence-electron chi connectivity index (χ2n) is 5.83. The van der Waals surface area contributed by atoms with Gasteiger partial charge in [0.05, 0.1) is 6.54 Å².